The lowest BCUT2D eigenvalue weighted by Gasteiger charge is -2.13. The number of hydrogen-bond donors (Lipinski definition) is 1. The quantitative estimate of drug-likeness (QED) is 0.752. The lowest BCUT2D eigenvalue weighted by Crippen LogP contribution is -2.09. The van der Waals surface area contributed by atoms with Crippen molar-refractivity contribution in [2.24, 2.45) is 0 Å². The summed E-state index contributed by atoms with van der Waals surface area (Å²) in [6, 6.07) is 5.30. The number of rotatable bonds is 2. The van der Waals surface area contributed by atoms with Crippen molar-refractivity contribution < 1.29 is 9.90 Å². The number of anilines is 1. The summed E-state index contributed by atoms with van der Waals surface area (Å²) in [6.07, 6.45) is 0. The Hall–Kier alpha value is -1.51. The molecule has 0 aliphatic rings. The molecule has 1 aromatic rings. The van der Waals surface area contributed by atoms with E-state index in [1.165, 1.54) is 0 Å². The highest BCUT2D eigenvalue weighted by atomic mass is 16.4. The van der Waals surface area contributed by atoms with Gasteiger partial charge < -0.3 is 10.0 Å². The van der Waals surface area contributed by atoms with Crippen LogP contribution in [0.15, 0.2) is 18.2 Å². The summed E-state index contributed by atoms with van der Waals surface area (Å²) in [6.45, 7) is 1.80. The first-order valence-electron chi connectivity index (χ1n) is 4.03. The molecule has 0 saturated heterocycles. The van der Waals surface area contributed by atoms with Crippen molar-refractivity contribution in [1.82, 2.24) is 0 Å². The van der Waals surface area contributed by atoms with Crippen molar-refractivity contribution in [3.8, 4) is 0 Å². The van der Waals surface area contributed by atoms with Gasteiger partial charge in [-0.2, -0.15) is 0 Å². The van der Waals surface area contributed by atoms with Crippen molar-refractivity contribution >= 4 is 11.7 Å². The maximum Gasteiger partial charge on any atom is 0.335 e. The second-order valence-electron chi connectivity index (χ2n) is 3.20. The van der Waals surface area contributed by atoms with Gasteiger partial charge in [-0.1, -0.05) is 0 Å². The molecule has 0 radical (unpaired) electrons. The molecule has 3 heteroatoms. The lowest BCUT2D eigenvalue weighted by atomic mass is 10.1. The predicted molar refractivity (Wildman–Crippen MR) is 52.5 cm³/mol. The lowest BCUT2D eigenvalue weighted by molar-refractivity contribution is 0.0696. The van der Waals surface area contributed by atoms with Crippen LogP contribution in [0.1, 0.15) is 15.9 Å². The molecule has 0 aromatic heterocycles. The van der Waals surface area contributed by atoms with E-state index in [0.29, 0.717) is 5.56 Å². The normalized spacial score (nSPS) is 9.77. The molecule has 0 heterocycles. The van der Waals surface area contributed by atoms with E-state index in [0.717, 1.165) is 11.3 Å². The summed E-state index contributed by atoms with van der Waals surface area (Å²) in [5.41, 5.74) is 2.17. The first-order valence-corrected chi connectivity index (χ1v) is 4.03. The van der Waals surface area contributed by atoms with Crippen molar-refractivity contribution in [2.75, 3.05) is 19.0 Å². The Balaban J connectivity index is 3.13. The standard InChI is InChI=1S/C10H13NO2/c1-7-6-8(11(2)3)4-5-9(7)10(12)13/h4-6H,1-3H3,(H,12,13). The zero-order valence-electron chi connectivity index (χ0n) is 8.03. The fraction of sp³-hybridized carbons (Fsp3) is 0.300. The minimum Gasteiger partial charge on any atom is -0.478 e. The van der Waals surface area contributed by atoms with Crippen LogP contribution >= 0.6 is 0 Å². The molecular weight excluding hydrogens is 166 g/mol. The summed E-state index contributed by atoms with van der Waals surface area (Å²) in [4.78, 5) is 12.6. The fourth-order valence-corrected chi connectivity index (χ4v) is 1.17. The maximum absolute atomic E-state index is 10.7. The summed E-state index contributed by atoms with van der Waals surface area (Å²) >= 11 is 0. The molecule has 13 heavy (non-hydrogen) atoms. The second-order valence-corrected chi connectivity index (χ2v) is 3.20. The summed E-state index contributed by atoms with van der Waals surface area (Å²) in [5, 5.41) is 8.78. The van der Waals surface area contributed by atoms with Gasteiger partial charge in [-0.3, -0.25) is 0 Å². The van der Waals surface area contributed by atoms with Gasteiger partial charge in [0.25, 0.3) is 0 Å². The van der Waals surface area contributed by atoms with Gasteiger partial charge >= 0.3 is 5.97 Å². The van der Waals surface area contributed by atoms with Crippen LogP contribution in [0.4, 0.5) is 5.69 Å². The van der Waals surface area contributed by atoms with Gasteiger partial charge in [0.15, 0.2) is 0 Å². The van der Waals surface area contributed by atoms with Crippen LogP contribution in [-0.4, -0.2) is 25.2 Å². The van der Waals surface area contributed by atoms with Crippen LogP contribution in [0.2, 0.25) is 0 Å². The van der Waals surface area contributed by atoms with E-state index in [2.05, 4.69) is 0 Å². The van der Waals surface area contributed by atoms with Crippen LogP contribution in [0.3, 0.4) is 0 Å². The molecule has 1 aromatic carbocycles. The molecule has 0 fully saturated rings. The SMILES string of the molecule is Cc1cc(N(C)C)ccc1C(=O)O. The van der Waals surface area contributed by atoms with Gasteiger partial charge in [0.1, 0.15) is 0 Å². The Labute approximate surface area is 77.6 Å². The minimum absolute atomic E-state index is 0.366. The van der Waals surface area contributed by atoms with E-state index in [1.54, 1.807) is 19.1 Å². The number of carboxylic acid groups (broad SMARTS) is 1. The van der Waals surface area contributed by atoms with E-state index in [-0.39, 0.29) is 0 Å². The van der Waals surface area contributed by atoms with Crippen molar-refractivity contribution in [3.63, 3.8) is 0 Å². The van der Waals surface area contributed by atoms with E-state index in [9.17, 15) is 4.79 Å². The molecule has 0 saturated carbocycles. The van der Waals surface area contributed by atoms with Crippen LogP contribution in [0, 0.1) is 6.92 Å². The molecule has 70 valence electrons. The van der Waals surface area contributed by atoms with Gasteiger partial charge in [0, 0.05) is 19.8 Å². The summed E-state index contributed by atoms with van der Waals surface area (Å²) < 4.78 is 0. The van der Waals surface area contributed by atoms with E-state index in [4.69, 9.17) is 5.11 Å². The molecule has 1 rings (SSSR count). The zero-order valence-corrected chi connectivity index (χ0v) is 8.03. The summed E-state index contributed by atoms with van der Waals surface area (Å²) in [5.74, 6) is -0.872. The molecule has 0 spiro atoms. The van der Waals surface area contributed by atoms with Crippen LogP contribution in [0.25, 0.3) is 0 Å². The zero-order chi connectivity index (χ0) is 10.0. The Morgan fingerprint density at radius 2 is 2.00 bits per heavy atom. The molecule has 0 aliphatic heterocycles. The molecule has 0 aliphatic carbocycles. The average Bonchev–Trinajstić information content (AvgIpc) is 2.03. The van der Waals surface area contributed by atoms with Gasteiger partial charge in [0.2, 0.25) is 0 Å². The number of nitrogens with zero attached hydrogens (tertiary/aromatic N) is 1. The van der Waals surface area contributed by atoms with Crippen LogP contribution in [0.5, 0.6) is 0 Å². The molecule has 1 N–H and O–H groups in total. The average molecular weight is 179 g/mol. The van der Waals surface area contributed by atoms with Crippen LogP contribution < -0.4 is 4.90 Å². The largest absolute Gasteiger partial charge is 0.478 e. The Bertz CT molecular complexity index is 332. The number of hydrogen-bond acceptors (Lipinski definition) is 2. The Morgan fingerprint density at radius 1 is 1.38 bits per heavy atom. The van der Waals surface area contributed by atoms with Crippen LogP contribution in [-0.2, 0) is 0 Å². The first-order chi connectivity index (χ1) is 6.02. The number of benzene rings is 1. The predicted octanol–water partition coefficient (Wildman–Crippen LogP) is 1.76. The Morgan fingerprint density at radius 3 is 2.38 bits per heavy atom. The van der Waals surface area contributed by atoms with E-state index < -0.39 is 5.97 Å². The van der Waals surface area contributed by atoms with Crippen molar-refractivity contribution in [2.45, 2.75) is 6.92 Å². The topological polar surface area (TPSA) is 40.5 Å². The number of aryl methyl sites for hydroxylation is 1. The smallest absolute Gasteiger partial charge is 0.335 e. The fourth-order valence-electron chi connectivity index (χ4n) is 1.17. The summed E-state index contributed by atoms with van der Waals surface area (Å²) in [7, 11) is 3.85. The second kappa shape index (κ2) is 3.47. The third kappa shape index (κ3) is 1.99. The third-order valence-corrected chi connectivity index (χ3v) is 1.96. The molecule has 0 unspecified atom stereocenters. The third-order valence-electron chi connectivity index (χ3n) is 1.96. The van der Waals surface area contributed by atoms with Gasteiger partial charge in [-0.15, -0.1) is 0 Å². The number of aromatic carboxylic acids is 1. The van der Waals surface area contributed by atoms with Crippen molar-refractivity contribution in [3.05, 3.63) is 29.3 Å². The van der Waals surface area contributed by atoms with Gasteiger partial charge in [0.05, 0.1) is 5.56 Å². The van der Waals surface area contributed by atoms with E-state index >= 15 is 0 Å². The highest BCUT2D eigenvalue weighted by molar-refractivity contribution is 5.89. The number of carbonyl (C=O) groups is 1. The highest BCUT2D eigenvalue weighted by Gasteiger charge is 2.07. The van der Waals surface area contributed by atoms with Gasteiger partial charge in [-0.25, -0.2) is 4.79 Å². The first kappa shape index (κ1) is 9.58. The molecular formula is C10H13NO2. The molecule has 0 atom stereocenters. The number of carboxylic acids is 1. The monoisotopic (exact) mass is 179 g/mol. The van der Waals surface area contributed by atoms with Gasteiger partial charge in [-0.05, 0) is 30.7 Å². The van der Waals surface area contributed by atoms with Crippen molar-refractivity contribution in [1.29, 1.82) is 0 Å². The molecule has 0 bridgehead atoms. The molecule has 3 nitrogen and oxygen atoms in total. The van der Waals surface area contributed by atoms with E-state index in [1.807, 2.05) is 25.1 Å². The molecule has 0 amide bonds. The Kier molecular flexibility index (Phi) is 2.56. The maximum atomic E-state index is 10.7. The minimum atomic E-state index is -0.872. The highest BCUT2D eigenvalue weighted by Crippen LogP contribution is 2.16.